The van der Waals surface area contributed by atoms with Crippen LogP contribution in [-0.4, -0.2) is 24.6 Å². The quantitative estimate of drug-likeness (QED) is 0.333. The maximum atomic E-state index is 2.40. The van der Waals surface area contributed by atoms with Crippen LogP contribution < -0.4 is 0 Å². The lowest BCUT2D eigenvalue weighted by molar-refractivity contribution is 0.374. The molecule has 0 aliphatic carbocycles. The summed E-state index contributed by atoms with van der Waals surface area (Å²) in [4.78, 5) is 0. The van der Waals surface area contributed by atoms with Crippen LogP contribution in [0, 0.1) is 5.41 Å². The van der Waals surface area contributed by atoms with Crippen molar-refractivity contribution in [1.82, 2.24) is 0 Å². The predicted molar refractivity (Wildman–Crippen MR) is 99.8 cm³/mol. The lowest BCUT2D eigenvalue weighted by Crippen LogP contribution is -2.15. The van der Waals surface area contributed by atoms with Crippen molar-refractivity contribution in [2.45, 2.75) is 92.9 Å². The summed E-state index contributed by atoms with van der Waals surface area (Å²) < 4.78 is 0. The van der Waals surface area contributed by atoms with Crippen molar-refractivity contribution in [3.05, 3.63) is 0 Å². The molecule has 0 unspecified atom stereocenters. The normalized spacial score (nSPS) is 12.9. The number of rotatable bonds is 12. The van der Waals surface area contributed by atoms with Crippen molar-refractivity contribution in [1.29, 1.82) is 0 Å². The molecular formula is C19H42P+. The minimum Gasteiger partial charge on any atom is -0.0652 e. The molecule has 0 bridgehead atoms. The average molecular weight is 302 g/mol. The Kier molecular flexibility index (Phi) is 11.3. The molecule has 0 aromatic carbocycles. The summed E-state index contributed by atoms with van der Waals surface area (Å²) in [7, 11) is -0.632. The van der Waals surface area contributed by atoms with Crippen molar-refractivity contribution in [2.75, 3.05) is 24.6 Å². The van der Waals surface area contributed by atoms with E-state index in [2.05, 4.69) is 41.5 Å². The predicted octanol–water partition coefficient (Wildman–Crippen LogP) is 7.23. The molecule has 0 aliphatic rings. The van der Waals surface area contributed by atoms with Gasteiger partial charge in [-0.3, -0.25) is 0 Å². The highest BCUT2D eigenvalue weighted by atomic mass is 31.2. The molecule has 0 spiro atoms. The molecular weight excluding hydrogens is 259 g/mol. The Bertz CT molecular complexity index is 193. The van der Waals surface area contributed by atoms with Gasteiger partial charge in [0, 0.05) is 7.26 Å². The summed E-state index contributed by atoms with van der Waals surface area (Å²) in [5.74, 6) is 0. The minimum atomic E-state index is -0.632. The van der Waals surface area contributed by atoms with Crippen LogP contribution in [0.15, 0.2) is 0 Å². The zero-order valence-electron chi connectivity index (χ0n) is 15.4. The van der Waals surface area contributed by atoms with Crippen LogP contribution in [0.4, 0.5) is 0 Å². The lowest BCUT2D eigenvalue weighted by Gasteiger charge is -2.29. The molecule has 0 rings (SSSR count). The Balaban J connectivity index is 4.57. The summed E-state index contributed by atoms with van der Waals surface area (Å²) in [6.07, 6.45) is 17.9. The van der Waals surface area contributed by atoms with Gasteiger partial charge >= 0.3 is 0 Å². The molecule has 0 aliphatic heterocycles. The maximum Gasteiger partial charge on any atom is 0.0594 e. The highest BCUT2D eigenvalue weighted by Gasteiger charge is 2.35. The first-order valence-corrected chi connectivity index (χ1v) is 11.8. The average Bonchev–Trinajstić information content (AvgIpc) is 2.38. The first-order chi connectivity index (χ1) is 9.39. The standard InChI is InChI=1S/C19H42P/c1-7-10-15-20(16-11-8-2,17-12-9-3)18-13-14-19(4,5)6/h7-18H2,1-6H3/q+1. The number of hydrogen-bond donors (Lipinski definition) is 0. The molecule has 1 heteroatoms. The summed E-state index contributed by atoms with van der Waals surface area (Å²) in [5, 5.41) is 0. The largest absolute Gasteiger partial charge is 0.0652 e. The number of hydrogen-bond acceptors (Lipinski definition) is 0. The van der Waals surface area contributed by atoms with E-state index in [9.17, 15) is 0 Å². The molecule has 0 heterocycles. The molecule has 0 nitrogen and oxygen atoms in total. The van der Waals surface area contributed by atoms with Gasteiger partial charge in [-0.15, -0.1) is 0 Å². The summed E-state index contributed by atoms with van der Waals surface area (Å²) in [6.45, 7) is 14.3. The van der Waals surface area contributed by atoms with Gasteiger partial charge in [-0.1, -0.05) is 60.8 Å². The molecule has 0 saturated carbocycles. The van der Waals surface area contributed by atoms with Crippen LogP contribution in [0.2, 0.25) is 0 Å². The Hall–Kier alpha value is 0.430. The fourth-order valence-corrected chi connectivity index (χ4v) is 8.23. The van der Waals surface area contributed by atoms with Crippen molar-refractivity contribution in [2.24, 2.45) is 5.41 Å². The van der Waals surface area contributed by atoms with E-state index in [0.29, 0.717) is 5.41 Å². The van der Waals surface area contributed by atoms with Crippen LogP contribution in [0.5, 0.6) is 0 Å². The summed E-state index contributed by atoms with van der Waals surface area (Å²) in [5.41, 5.74) is 0.524. The summed E-state index contributed by atoms with van der Waals surface area (Å²) >= 11 is 0. The molecule has 0 N–H and O–H groups in total. The van der Waals surface area contributed by atoms with Gasteiger partial charge in [0.1, 0.15) is 0 Å². The van der Waals surface area contributed by atoms with Crippen molar-refractivity contribution >= 4 is 7.26 Å². The SMILES string of the molecule is CCCC[P+](CCCC)(CCCC)CCCC(C)(C)C. The minimum absolute atomic E-state index is 0.524. The van der Waals surface area contributed by atoms with E-state index in [1.165, 1.54) is 51.4 Å². The second-order valence-corrected chi connectivity index (χ2v) is 12.4. The van der Waals surface area contributed by atoms with E-state index in [4.69, 9.17) is 0 Å². The van der Waals surface area contributed by atoms with Crippen LogP contribution in [0.25, 0.3) is 0 Å². The van der Waals surface area contributed by atoms with Crippen molar-refractivity contribution in [3.63, 3.8) is 0 Å². The van der Waals surface area contributed by atoms with Gasteiger partial charge in [0.25, 0.3) is 0 Å². The second kappa shape index (κ2) is 11.1. The Morgan fingerprint density at radius 3 is 1.25 bits per heavy atom. The monoisotopic (exact) mass is 301 g/mol. The van der Waals surface area contributed by atoms with Gasteiger partial charge in [0.2, 0.25) is 0 Å². The van der Waals surface area contributed by atoms with E-state index >= 15 is 0 Å². The van der Waals surface area contributed by atoms with Crippen LogP contribution in [0.3, 0.4) is 0 Å². The second-order valence-electron chi connectivity index (χ2n) is 7.96. The van der Waals surface area contributed by atoms with E-state index < -0.39 is 7.26 Å². The Morgan fingerprint density at radius 2 is 0.950 bits per heavy atom. The van der Waals surface area contributed by atoms with Gasteiger partial charge < -0.3 is 0 Å². The number of unbranched alkanes of at least 4 members (excludes halogenated alkanes) is 3. The molecule has 0 aromatic heterocycles. The molecule has 20 heavy (non-hydrogen) atoms. The van der Waals surface area contributed by atoms with Crippen molar-refractivity contribution in [3.8, 4) is 0 Å². The highest BCUT2D eigenvalue weighted by molar-refractivity contribution is 7.75. The van der Waals surface area contributed by atoms with E-state index in [0.717, 1.165) is 0 Å². The third kappa shape index (κ3) is 10.2. The molecule has 0 aromatic rings. The fraction of sp³-hybridized carbons (Fsp3) is 1.00. The van der Waals surface area contributed by atoms with Crippen LogP contribution in [-0.2, 0) is 0 Å². The van der Waals surface area contributed by atoms with E-state index in [1.807, 2.05) is 0 Å². The van der Waals surface area contributed by atoms with Crippen molar-refractivity contribution < 1.29 is 0 Å². The lowest BCUT2D eigenvalue weighted by atomic mass is 9.91. The van der Waals surface area contributed by atoms with Gasteiger partial charge in [-0.2, -0.15) is 0 Å². The molecule has 0 amide bonds. The smallest absolute Gasteiger partial charge is 0.0594 e. The van der Waals surface area contributed by atoms with Gasteiger partial charge in [0.05, 0.1) is 24.6 Å². The van der Waals surface area contributed by atoms with Crippen LogP contribution in [0.1, 0.15) is 92.9 Å². The first kappa shape index (κ1) is 20.4. The summed E-state index contributed by atoms with van der Waals surface area (Å²) in [6, 6.07) is 0. The molecule has 122 valence electrons. The van der Waals surface area contributed by atoms with E-state index in [-0.39, 0.29) is 0 Å². The van der Waals surface area contributed by atoms with Gasteiger partial charge in [0.15, 0.2) is 0 Å². The zero-order valence-corrected chi connectivity index (χ0v) is 16.3. The third-order valence-electron chi connectivity index (χ3n) is 4.52. The first-order valence-electron chi connectivity index (χ1n) is 9.24. The maximum absolute atomic E-state index is 2.40. The molecule has 0 atom stereocenters. The Morgan fingerprint density at radius 1 is 0.600 bits per heavy atom. The Labute approximate surface area is 130 Å². The van der Waals surface area contributed by atoms with Gasteiger partial charge in [-0.05, 0) is 37.5 Å². The highest BCUT2D eigenvalue weighted by Crippen LogP contribution is 2.61. The molecule has 0 fully saturated rings. The zero-order chi connectivity index (χ0) is 15.5. The molecule has 0 radical (unpaired) electrons. The third-order valence-corrected chi connectivity index (χ3v) is 9.58. The van der Waals surface area contributed by atoms with Gasteiger partial charge in [-0.25, -0.2) is 0 Å². The van der Waals surface area contributed by atoms with E-state index in [1.54, 1.807) is 24.6 Å². The van der Waals surface area contributed by atoms with Crippen LogP contribution >= 0.6 is 7.26 Å². The topological polar surface area (TPSA) is 0 Å². The molecule has 0 saturated heterocycles. The fourth-order valence-electron chi connectivity index (χ4n) is 3.10.